The number of carbonyl (C=O) groups is 1. The summed E-state index contributed by atoms with van der Waals surface area (Å²) in [5.41, 5.74) is 4.60. The standard InChI is InChI=1S/C31H42FN3O/c1-20-23-16-17-31(2,19-23)29(20)33-30(36)27-26-11-7-6-8-22(18-21-12-14-24(32)15-13-21)28(26)35(34-27)25-9-4-3-5-10-25/h12-15,20,22-23,25,29H,3-11,16-19H2,1-2H3,(H,33,36)/t20?,22?,23?,29-,31?/m1/s1. The Morgan fingerprint density at radius 3 is 2.56 bits per heavy atom. The molecule has 0 saturated heterocycles. The highest BCUT2D eigenvalue weighted by atomic mass is 19.1. The lowest BCUT2D eigenvalue weighted by Gasteiger charge is -2.36. The molecule has 4 unspecified atom stereocenters. The first-order valence-electron chi connectivity index (χ1n) is 14.6. The first kappa shape index (κ1) is 24.2. The minimum atomic E-state index is -0.185. The van der Waals surface area contributed by atoms with Crippen molar-refractivity contribution in [3.8, 4) is 0 Å². The Hall–Kier alpha value is -2.17. The Balaban J connectivity index is 1.35. The summed E-state index contributed by atoms with van der Waals surface area (Å²) >= 11 is 0. The monoisotopic (exact) mass is 491 g/mol. The summed E-state index contributed by atoms with van der Waals surface area (Å²) in [7, 11) is 0. The Bertz CT molecular complexity index is 1100. The Kier molecular flexibility index (Phi) is 6.46. The van der Waals surface area contributed by atoms with Crippen LogP contribution in [0.4, 0.5) is 4.39 Å². The third-order valence-corrected chi connectivity index (χ3v) is 10.3. The van der Waals surface area contributed by atoms with E-state index in [2.05, 4.69) is 23.8 Å². The van der Waals surface area contributed by atoms with Crippen molar-refractivity contribution in [1.29, 1.82) is 0 Å². The summed E-state index contributed by atoms with van der Waals surface area (Å²) in [6.07, 6.45) is 15.0. The molecule has 0 aliphatic heterocycles. The van der Waals surface area contributed by atoms with Gasteiger partial charge in [0.1, 0.15) is 5.82 Å². The number of rotatable bonds is 5. The summed E-state index contributed by atoms with van der Waals surface area (Å²) < 4.78 is 15.9. The van der Waals surface area contributed by atoms with Crippen LogP contribution in [0.15, 0.2) is 24.3 Å². The molecule has 3 saturated carbocycles. The molecule has 2 bridgehead atoms. The van der Waals surface area contributed by atoms with E-state index in [0.717, 1.165) is 50.9 Å². The second kappa shape index (κ2) is 9.61. The molecule has 6 rings (SSSR count). The van der Waals surface area contributed by atoms with Crippen LogP contribution in [0, 0.1) is 23.1 Å². The van der Waals surface area contributed by atoms with Crippen molar-refractivity contribution in [3.63, 3.8) is 0 Å². The van der Waals surface area contributed by atoms with Crippen LogP contribution in [0.25, 0.3) is 0 Å². The maximum atomic E-state index is 13.9. The first-order valence-corrected chi connectivity index (χ1v) is 14.6. The first-order chi connectivity index (χ1) is 17.4. The molecule has 36 heavy (non-hydrogen) atoms. The SMILES string of the molecule is CC1C2CCC(C)(C2)[C@@H]1NC(=O)c1nn(C2CCCCC2)c2c1CCCCC2Cc1ccc(F)cc1. The largest absolute Gasteiger partial charge is 0.347 e. The topological polar surface area (TPSA) is 46.9 Å². The molecule has 5 heteroatoms. The van der Waals surface area contributed by atoms with Gasteiger partial charge in [0.2, 0.25) is 0 Å². The molecule has 4 aliphatic carbocycles. The summed E-state index contributed by atoms with van der Waals surface area (Å²) in [5, 5.41) is 8.68. The number of amides is 1. The van der Waals surface area contributed by atoms with Gasteiger partial charge in [-0.05, 0) is 92.7 Å². The fourth-order valence-corrected chi connectivity index (χ4v) is 8.35. The number of benzene rings is 1. The fourth-order valence-electron chi connectivity index (χ4n) is 8.35. The van der Waals surface area contributed by atoms with Crippen LogP contribution in [-0.2, 0) is 12.8 Å². The fraction of sp³-hybridized carbons (Fsp3) is 0.677. The molecule has 1 heterocycles. The lowest BCUT2D eigenvalue weighted by molar-refractivity contribution is 0.0856. The maximum Gasteiger partial charge on any atom is 0.272 e. The number of nitrogens with one attached hydrogen (secondary N) is 1. The zero-order valence-electron chi connectivity index (χ0n) is 22.1. The van der Waals surface area contributed by atoms with E-state index in [9.17, 15) is 9.18 Å². The van der Waals surface area contributed by atoms with Gasteiger partial charge in [0, 0.05) is 23.2 Å². The highest BCUT2D eigenvalue weighted by molar-refractivity contribution is 5.94. The minimum absolute atomic E-state index is 0.0499. The second-order valence-electron chi connectivity index (χ2n) is 12.7. The van der Waals surface area contributed by atoms with Crippen molar-refractivity contribution in [2.75, 3.05) is 0 Å². The van der Waals surface area contributed by atoms with E-state index in [-0.39, 0.29) is 23.2 Å². The average Bonchev–Trinajstić information content (AvgIpc) is 3.48. The molecule has 2 aromatic rings. The molecule has 4 aliphatic rings. The van der Waals surface area contributed by atoms with Crippen LogP contribution in [-0.4, -0.2) is 21.7 Å². The number of carbonyl (C=O) groups excluding carboxylic acids is 1. The van der Waals surface area contributed by atoms with Crippen LogP contribution in [0.2, 0.25) is 0 Å². The van der Waals surface area contributed by atoms with Gasteiger partial charge in [-0.2, -0.15) is 5.10 Å². The van der Waals surface area contributed by atoms with Crippen LogP contribution in [0.5, 0.6) is 0 Å². The van der Waals surface area contributed by atoms with E-state index < -0.39 is 0 Å². The number of nitrogens with zero attached hydrogens (tertiary/aromatic N) is 2. The quantitative estimate of drug-likeness (QED) is 0.452. The van der Waals surface area contributed by atoms with Crippen LogP contribution in [0.1, 0.15) is 124 Å². The number of aromatic nitrogens is 2. The van der Waals surface area contributed by atoms with Gasteiger partial charge < -0.3 is 5.32 Å². The zero-order chi connectivity index (χ0) is 24.9. The van der Waals surface area contributed by atoms with Crippen molar-refractivity contribution >= 4 is 5.91 Å². The zero-order valence-corrected chi connectivity index (χ0v) is 22.1. The van der Waals surface area contributed by atoms with Gasteiger partial charge >= 0.3 is 0 Å². The van der Waals surface area contributed by atoms with E-state index in [1.54, 1.807) is 12.1 Å². The van der Waals surface area contributed by atoms with Gasteiger partial charge in [-0.25, -0.2) is 4.39 Å². The van der Waals surface area contributed by atoms with Gasteiger partial charge in [0.15, 0.2) is 5.69 Å². The summed E-state index contributed by atoms with van der Waals surface area (Å²) in [4.78, 5) is 13.9. The van der Waals surface area contributed by atoms with Gasteiger partial charge in [-0.1, -0.05) is 51.7 Å². The molecule has 1 aromatic carbocycles. The molecule has 1 amide bonds. The predicted octanol–water partition coefficient (Wildman–Crippen LogP) is 7.13. The third-order valence-electron chi connectivity index (χ3n) is 10.3. The number of fused-ring (bicyclic) bond motifs is 3. The van der Waals surface area contributed by atoms with Crippen molar-refractivity contribution in [3.05, 3.63) is 52.6 Å². The van der Waals surface area contributed by atoms with Crippen molar-refractivity contribution in [1.82, 2.24) is 15.1 Å². The maximum absolute atomic E-state index is 13.9. The number of halogens is 1. The average molecular weight is 492 g/mol. The Morgan fingerprint density at radius 2 is 1.83 bits per heavy atom. The molecular weight excluding hydrogens is 449 g/mol. The number of hydrogen-bond donors (Lipinski definition) is 1. The van der Waals surface area contributed by atoms with Gasteiger partial charge in [0.25, 0.3) is 5.91 Å². The molecule has 1 aromatic heterocycles. The molecule has 4 nitrogen and oxygen atoms in total. The van der Waals surface area contributed by atoms with Crippen LogP contribution < -0.4 is 5.32 Å². The van der Waals surface area contributed by atoms with Crippen LogP contribution in [0.3, 0.4) is 0 Å². The molecular formula is C31H42FN3O. The van der Waals surface area contributed by atoms with Gasteiger partial charge in [-0.3, -0.25) is 9.48 Å². The van der Waals surface area contributed by atoms with E-state index >= 15 is 0 Å². The van der Waals surface area contributed by atoms with Crippen molar-refractivity contribution in [2.24, 2.45) is 17.3 Å². The molecule has 194 valence electrons. The summed E-state index contributed by atoms with van der Waals surface area (Å²) in [6, 6.07) is 7.63. The second-order valence-corrected chi connectivity index (χ2v) is 12.7. The number of hydrogen-bond acceptors (Lipinski definition) is 2. The van der Waals surface area contributed by atoms with Crippen molar-refractivity contribution < 1.29 is 9.18 Å². The van der Waals surface area contributed by atoms with E-state index in [1.807, 2.05) is 12.1 Å². The van der Waals surface area contributed by atoms with Gasteiger partial charge in [0.05, 0.1) is 6.04 Å². The van der Waals surface area contributed by atoms with Gasteiger partial charge in [-0.15, -0.1) is 0 Å². The predicted molar refractivity (Wildman–Crippen MR) is 141 cm³/mol. The Labute approximate surface area is 215 Å². The van der Waals surface area contributed by atoms with Crippen LogP contribution >= 0.6 is 0 Å². The lowest BCUT2D eigenvalue weighted by Crippen LogP contribution is -2.47. The third kappa shape index (κ3) is 4.31. The molecule has 1 N–H and O–H groups in total. The van der Waals surface area contributed by atoms with E-state index in [4.69, 9.17) is 5.10 Å². The smallest absolute Gasteiger partial charge is 0.272 e. The molecule has 0 spiro atoms. The van der Waals surface area contributed by atoms with E-state index in [0.29, 0.717) is 23.6 Å². The Morgan fingerprint density at radius 1 is 1.08 bits per heavy atom. The summed E-state index contributed by atoms with van der Waals surface area (Å²) in [6.45, 7) is 4.71. The molecule has 0 radical (unpaired) electrons. The molecule has 5 atom stereocenters. The molecule has 3 fully saturated rings. The summed E-state index contributed by atoms with van der Waals surface area (Å²) in [5.74, 6) is 1.47. The normalized spacial score (nSPS) is 32.3. The minimum Gasteiger partial charge on any atom is -0.347 e. The lowest BCUT2D eigenvalue weighted by atomic mass is 9.77. The highest BCUT2D eigenvalue weighted by Crippen LogP contribution is 2.56. The van der Waals surface area contributed by atoms with E-state index in [1.165, 1.54) is 55.3 Å². The highest BCUT2D eigenvalue weighted by Gasteiger charge is 2.54. The van der Waals surface area contributed by atoms with Crippen molar-refractivity contribution in [2.45, 2.75) is 115 Å².